The van der Waals surface area contributed by atoms with Crippen molar-refractivity contribution in [2.24, 2.45) is 0 Å². The number of benzene rings is 2. The zero-order chi connectivity index (χ0) is 20.1. The first-order valence-electron chi connectivity index (χ1n) is 8.53. The Kier molecular flexibility index (Phi) is 6.01. The number of halogens is 1. The summed E-state index contributed by atoms with van der Waals surface area (Å²) in [6, 6.07) is 14.2. The Hall–Kier alpha value is -3.25. The molecule has 7 heteroatoms. The molecule has 3 rings (SSSR count). The maximum Gasteiger partial charge on any atom is 0.257 e. The molecular weight excluding hydrogens is 378 g/mol. The molecule has 0 spiro atoms. The van der Waals surface area contributed by atoms with Crippen molar-refractivity contribution >= 4 is 34.7 Å². The highest BCUT2D eigenvalue weighted by molar-refractivity contribution is 6.31. The predicted octanol–water partition coefficient (Wildman–Crippen LogP) is 5.06. The van der Waals surface area contributed by atoms with Crippen LogP contribution in [0, 0.1) is 6.92 Å². The number of aromatic nitrogens is 1. The molecule has 3 aromatic rings. The van der Waals surface area contributed by atoms with Crippen LogP contribution in [0.3, 0.4) is 0 Å². The molecule has 144 valence electrons. The smallest absolute Gasteiger partial charge is 0.257 e. The van der Waals surface area contributed by atoms with Gasteiger partial charge in [0.05, 0.1) is 25.5 Å². The Morgan fingerprint density at radius 1 is 1.04 bits per heavy atom. The lowest BCUT2D eigenvalue weighted by molar-refractivity contribution is 0.102. The summed E-state index contributed by atoms with van der Waals surface area (Å²) in [5.74, 6) is 1.48. The zero-order valence-electron chi connectivity index (χ0n) is 15.7. The fraction of sp³-hybridized carbons (Fsp3) is 0.143. The van der Waals surface area contributed by atoms with E-state index in [9.17, 15) is 4.79 Å². The van der Waals surface area contributed by atoms with E-state index in [1.54, 1.807) is 37.4 Å². The van der Waals surface area contributed by atoms with E-state index in [-0.39, 0.29) is 5.91 Å². The van der Waals surface area contributed by atoms with E-state index in [0.717, 1.165) is 11.3 Å². The van der Waals surface area contributed by atoms with Crippen molar-refractivity contribution in [3.63, 3.8) is 0 Å². The number of carbonyl (C=O) groups excluding carboxylic acids is 1. The van der Waals surface area contributed by atoms with Gasteiger partial charge >= 0.3 is 0 Å². The highest BCUT2D eigenvalue weighted by Crippen LogP contribution is 2.29. The van der Waals surface area contributed by atoms with E-state index in [1.807, 2.05) is 25.1 Å². The molecular formula is C21H20ClN3O3. The second kappa shape index (κ2) is 8.63. The van der Waals surface area contributed by atoms with Gasteiger partial charge in [0.2, 0.25) is 0 Å². The lowest BCUT2D eigenvalue weighted by atomic mass is 10.2. The first-order chi connectivity index (χ1) is 13.5. The van der Waals surface area contributed by atoms with Crippen molar-refractivity contribution in [3.05, 3.63) is 70.9 Å². The van der Waals surface area contributed by atoms with Crippen LogP contribution >= 0.6 is 11.6 Å². The number of pyridine rings is 1. The van der Waals surface area contributed by atoms with Crippen molar-refractivity contribution < 1.29 is 14.3 Å². The number of nitrogens with zero attached hydrogens (tertiary/aromatic N) is 1. The molecule has 1 amide bonds. The number of nitrogens with one attached hydrogen (secondary N) is 2. The number of anilines is 3. The Morgan fingerprint density at radius 3 is 2.54 bits per heavy atom. The van der Waals surface area contributed by atoms with Crippen molar-refractivity contribution in [2.75, 3.05) is 24.9 Å². The minimum atomic E-state index is -0.290. The fourth-order valence-corrected chi connectivity index (χ4v) is 2.75. The van der Waals surface area contributed by atoms with Gasteiger partial charge in [0.1, 0.15) is 17.3 Å². The summed E-state index contributed by atoms with van der Waals surface area (Å²) in [5, 5.41) is 6.69. The van der Waals surface area contributed by atoms with Gasteiger partial charge in [0.25, 0.3) is 5.91 Å². The lowest BCUT2D eigenvalue weighted by Gasteiger charge is -2.12. The molecule has 2 N–H and O–H groups in total. The Labute approximate surface area is 168 Å². The van der Waals surface area contributed by atoms with Crippen LogP contribution in [0.15, 0.2) is 54.7 Å². The van der Waals surface area contributed by atoms with Crippen molar-refractivity contribution in [3.8, 4) is 11.5 Å². The van der Waals surface area contributed by atoms with Gasteiger partial charge in [-0.15, -0.1) is 0 Å². The Balaban J connectivity index is 1.73. The summed E-state index contributed by atoms with van der Waals surface area (Å²) in [7, 11) is 3.10. The molecule has 0 aliphatic rings. The van der Waals surface area contributed by atoms with Crippen LogP contribution in [0.1, 0.15) is 15.9 Å². The van der Waals surface area contributed by atoms with Crippen LogP contribution in [0.25, 0.3) is 0 Å². The average Bonchev–Trinajstić information content (AvgIpc) is 2.72. The van der Waals surface area contributed by atoms with Gasteiger partial charge < -0.3 is 20.1 Å². The van der Waals surface area contributed by atoms with E-state index in [4.69, 9.17) is 21.1 Å². The highest BCUT2D eigenvalue weighted by Gasteiger charge is 2.12. The predicted molar refractivity (Wildman–Crippen MR) is 111 cm³/mol. The van der Waals surface area contributed by atoms with Gasteiger partial charge in [0, 0.05) is 23.0 Å². The van der Waals surface area contributed by atoms with Gasteiger partial charge in [-0.05, 0) is 48.9 Å². The number of hydrogen-bond donors (Lipinski definition) is 2. The molecule has 0 atom stereocenters. The van der Waals surface area contributed by atoms with Crippen LogP contribution in [-0.2, 0) is 0 Å². The molecule has 0 unspecified atom stereocenters. The molecule has 1 heterocycles. The van der Waals surface area contributed by atoms with E-state index in [2.05, 4.69) is 15.6 Å². The molecule has 2 aromatic carbocycles. The fourth-order valence-electron chi connectivity index (χ4n) is 2.58. The number of methoxy groups -OCH3 is 2. The maximum absolute atomic E-state index is 12.5. The summed E-state index contributed by atoms with van der Waals surface area (Å²) in [5.41, 5.74) is 2.76. The van der Waals surface area contributed by atoms with Crippen LogP contribution in [0.4, 0.5) is 17.2 Å². The molecule has 0 saturated carbocycles. The number of amides is 1. The number of ether oxygens (including phenoxy) is 2. The highest BCUT2D eigenvalue weighted by atomic mass is 35.5. The van der Waals surface area contributed by atoms with Crippen LogP contribution in [0.2, 0.25) is 5.02 Å². The van der Waals surface area contributed by atoms with Gasteiger partial charge in [0.15, 0.2) is 0 Å². The van der Waals surface area contributed by atoms with Crippen LogP contribution < -0.4 is 20.1 Å². The summed E-state index contributed by atoms with van der Waals surface area (Å²) in [6.07, 6.45) is 1.51. The normalized spacial score (nSPS) is 10.3. The largest absolute Gasteiger partial charge is 0.497 e. The Bertz CT molecular complexity index is 991. The molecule has 0 radical (unpaired) electrons. The standard InChI is InChI=1S/C21H20ClN3O3/c1-13-16(22)5-4-6-17(13)24-20-10-7-14(12-23-20)21(26)25-18-9-8-15(27-2)11-19(18)28-3/h4-12H,1-3H3,(H,23,24)(H,25,26). The summed E-state index contributed by atoms with van der Waals surface area (Å²) < 4.78 is 10.5. The van der Waals surface area contributed by atoms with Crippen molar-refractivity contribution in [1.82, 2.24) is 4.98 Å². The molecule has 28 heavy (non-hydrogen) atoms. The Morgan fingerprint density at radius 2 is 1.86 bits per heavy atom. The van der Waals surface area contributed by atoms with Gasteiger partial charge in [-0.3, -0.25) is 4.79 Å². The van der Waals surface area contributed by atoms with Gasteiger partial charge in [-0.1, -0.05) is 17.7 Å². The molecule has 0 bridgehead atoms. The lowest BCUT2D eigenvalue weighted by Crippen LogP contribution is -2.13. The van der Waals surface area contributed by atoms with E-state index < -0.39 is 0 Å². The van der Waals surface area contributed by atoms with E-state index in [1.165, 1.54) is 13.3 Å². The van der Waals surface area contributed by atoms with Crippen LogP contribution in [-0.4, -0.2) is 25.1 Å². The topological polar surface area (TPSA) is 72.5 Å². The van der Waals surface area contributed by atoms with Crippen molar-refractivity contribution in [2.45, 2.75) is 6.92 Å². The van der Waals surface area contributed by atoms with Crippen LogP contribution in [0.5, 0.6) is 11.5 Å². The quantitative estimate of drug-likeness (QED) is 0.608. The SMILES string of the molecule is COc1ccc(NC(=O)c2ccc(Nc3cccc(Cl)c3C)nc2)c(OC)c1. The zero-order valence-corrected chi connectivity index (χ0v) is 16.5. The number of carbonyl (C=O) groups is 1. The minimum absolute atomic E-state index is 0.290. The monoisotopic (exact) mass is 397 g/mol. The first kappa shape index (κ1) is 19.5. The second-order valence-corrected chi connectivity index (χ2v) is 6.40. The molecule has 0 aliphatic carbocycles. The molecule has 0 aliphatic heterocycles. The number of rotatable bonds is 6. The third-order valence-electron chi connectivity index (χ3n) is 4.21. The van der Waals surface area contributed by atoms with Gasteiger partial charge in [-0.2, -0.15) is 0 Å². The average molecular weight is 398 g/mol. The molecule has 1 aromatic heterocycles. The third-order valence-corrected chi connectivity index (χ3v) is 4.62. The molecule has 0 saturated heterocycles. The van der Waals surface area contributed by atoms with Crippen molar-refractivity contribution in [1.29, 1.82) is 0 Å². The summed E-state index contributed by atoms with van der Waals surface area (Å²) in [4.78, 5) is 16.8. The van der Waals surface area contributed by atoms with E-state index in [0.29, 0.717) is 33.6 Å². The second-order valence-electron chi connectivity index (χ2n) is 5.99. The van der Waals surface area contributed by atoms with E-state index >= 15 is 0 Å². The molecule has 6 nitrogen and oxygen atoms in total. The van der Waals surface area contributed by atoms with Gasteiger partial charge in [-0.25, -0.2) is 4.98 Å². The maximum atomic E-state index is 12.5. The number of hydrogen-bond acceptors (Lipinski definition) is 5. The summed E-state index contributed by atoms with van der Waals surface area (Å²) in [6.45, 7) is 1.93. The third kappa shape index (κ3) is 4.35. The molecule has 0 fully saturated rings. The first-order valence-corrected chi connectivity index (χ1v) is 8.91. The minimum Gasteiger partial charge on any atom is -0.497 e. The summed E-state index contributed by atoms with van der Waals surface area (Å²) >= 11 is 6.14.